The molecule has 8 heteroatoms. The first-order chi connectivity index (χ1) is 15.7. The Hall–Kier alpha value is -2.74. The van der Waals surface area contributed by atoms with Gasteiger partial charge in [0.15, 0.2) is 6.10 Å². The zero-order chi connectivity index (χ0) is 24.2. The summed E-state index contributed by atoms with van der Waals surface area (Å²) in [4.78, 5) is 43.3. The minimum absolute atomic E-state index is 0.156. The number of carbonyl (C=O) groups is 3. The maximum Gasteiger partial charge on any atom is 0.341 e. The monoisotopic (exact) mass is 472 g/mol. The predicted molar refractivity (Wildman–Crippen MR) is 128 cm³/mol. The minimum atomic E-state index is -0.991. The van der Waals surface area contributed by atoms with Gasteiger partial charge in [0, 0.05) is 17.3 Å². The number of anilines is 1. The van der Waals surface area contributed by atoms with Crippen LogP contribution in [0.2, 0.25) is 0 Å². The molecule has 3 rings (SSSR count). The summed E-state index contributed by atoms with van der Waals surface area (Å²) >= 11 is 1.42. The molecule has 2 unspecified atom stereocenters. The lowest BCUT2D eigenvalue weighted by atomic mass is 9.72. The van der Waals surface area contributed by atoms with Crippen LogP contribution in [0.5, 0.6) is 0 Å². The topological polar surface area (TPSA) is 94.6 Å². The number of ether oxygens (including phenoxy) is 2. The van der Waals surface area contributed by atoms with Crippen LogP contribution < -0.4 is 5.32 Å². The van der Waals surface area contributed by atoms with Crippen molar-refractivity contribution in [2.24, 2.45) is 11.3 Å². The third kappa shape index (κ3) is 5.79. The van der Waals surface area contributed by atoms with Gasteiger partial charge in [-0.3, -0.25) is 9.78 Å². The van der Waals surface area contributed by atoms with Gasteiger partial charge in [-0.1, -0.05) is 27.7 Å². The number of carbonyl (C=O) groups excluding carboxylic acids is 3. The van der Waals surface area contributed by atoms with Crippen molar-refractivity contribution in [1.82, 2.24) is 4.98 Å². The molecule has 2 aromatic heterocycles. The molecule has 0 aromatic carbocycles. The second-order valence-electron chi connectivity index (χ2n) is 9.27. The van der Waals surface area contributed by atoms with Gasteiger partial charge in [-0.2, -0.15) is 0 Å². The summed E-state index contributed by atoms with van der Waals surface area (Å²) in [7, 11) is 0. The average Bonchev–Trinajstić information content (AvgIpc) is 3.14. The number of aromatic nitrogens is 1. The molecule has 7 nitrogen and oxygen atoms in total. The number of fused-ring (bicyclic) bond motifs is 1. The van der Waals surface area contributed by atoms with Crippen LogP contribution in [-0.2, 0) is 27.1 Å². The van der Waals surface area contributed by atoms with Gasteiger partial charge in [0.1, 0.15) is 5.00 Å². The maximum absolute atomic E-state index is 13.0. The summed E-state index contributed by atoms with van der Waals surface area (Å²) in [6, 6.07) is 3.21. The Kier molecular flexibility index (Phi) is 7.89. The molecule has 0 fully saturated rings. The molecule has 178 valence electrons. The fraction of sp³-hybridized carbons (Fsp3) is 0.520. The van der Waals surface area contributed by atoms with Crippen LogP contribution in [0.4, 0.5) is 5.00 Å². The van der Waals surface area contributed by atoms with Crippen molar-refractivity contribution < 1.29 is 23.9 Å². The van der Waals surface area contributed by atoms with E-state index in [1.54, 1.807) is 32.2 Å². The van der Waals surface area contributed by atoms with Crippen molar-refractivity contribution in [2.75, 3.05) is 11.9 Å². The van der Waals surface area contributed by atoms with Crippen molar-refractivity contribution in [3.8, 4) is 0 Å². The Balaban J connectivity index is 1.84. The molecule has 1 aliphatic carbocycles. The maximum atomic E-state index is 13.0. The van der Waals surface area contributed by atoms with Crippen LogP contribution in [0.1, 0.15) is 78.6 Å². The van der Waals surface area contributed by atoms with Crippen molar-refractivity contribution in [2.45, 2.75) is 66.4 Å². The van der Waals surface area contributed by atoms with E-state index in [1.165, 1.54) is 17.5 Å². The first-order valence-electron chi connectivity index (χ1n) is 11.4. The highest BCUT2D eigenvalue weighted by Crippen LogP contribution is 2.44. The van der Waals surface area contributed by atoms with Crippen LogP contribution in [0.25, 0.3) is 0 Å². The first-order valence-corrected chi connectivity index (χ1v) is 12.2. The summed E-state index contributed by atoms with van der Waals surface area (Å²) in [6.07, 6.45) is 4.86. The third-order valence-corrected chi connectivity index (χ3v) is 7.19. The number of hydrogen-bond donors (Lipinski definition) is 1. The molecule has 0 radical (unpaired) electrons. The summed E-state index contributed by atoms with van der Waals surface area (Å²) in [5.74, 6) is -1.02. The number of nitrogens with zero attached hydrogens (tertiary/aromatic N) is 1. The van der Waals surface area contributed by atoms with Crippen LogP contribution >= 0.6 is 11.3 Å². The molecule has 0 bridgehead atoms. The summed E-state index contributed by atoms with van der Waals surface area (Å²) in [6.45, 7) is 10.5. The number of pyridine rings is 1. The number of thiophene rings is 1. The van der Waals surface area contributed by atoms with Gasteiger partial charge in [-0.25, -0.2) is 9.59 Å². The smallest absolute Gasteiger partial charge is 0.341 e. The van der Waals surface area contributed by atoms with Gasteiger partial charge in [0.2, 0.25) is 0 Å². The molecular weight excluding hydrogens is 440 g/mol. The molecule has 33 heavy (non-hydrogen) atoms. The molecule has 0 saturated carbocycles. The standard InChI is InChI=1S/C25H32N2O5S/c1-6-18(32-23(29)15-9-8-12-26-14-15)21(28)27-22-20(24(30)31-7-2)17-11-10-16(25(3,4)5)13-19(17)33-22/h8-9,12,14,16,18H,6-7,10-11,13H2,1-5H3,(H,27,28). The molecule has 0 spiro atoms. The second-order valence-corrected chi connectivity index (χ2v) is 10.4. The van der Waals surface area contributed by atoms with Crippen molar-refractivity contribution >= 4 is 34.2 Å². The van der Waals surface area contributed by atoms with Crippen molar-refractivity contribution in [3.05, 3.63) is 46.1 Å². The molecule has 0 saturated heterocycles. The lowest BCUT2D eigenvalue weighted by Crippen LogP contribution is -2.32. The predicted octanol–water partition coefficient (Wildman–Crippen LogP) is 5.04. The number of nitrogens with one attached hydrogen (secondary N) is 1. The Morgan fingerprint density at radius 3 is 2.61 bits per heavy atom. The minimum Gasteiger partial charge on any atom is -0.462 e. The van der Waals surface area contributed by atoms with E-state index in [0.717, 1.165) is 29.7 Å². The Morgan fingerprint density at radius 2 is 2.00 bits per heavy atom. The lowest BCUT2D eigenvalue weighted by Gasteiger charge is -2.33. The SMILES string of the molecule is CCOC(=O)c1c(NC(=O)C(CC)OC(=O)c2cccnc2)sc2c1CCC(C(C)(C)C)C2. The Bertz CT molecular complexity index is 1010. The van der Waals surface area contributed by atoms with E-state index in [0.29, 0.717) is 22.9 Å². The van der Waals surface area contributed by atoms with Crippen LogP contribution in [-0.4, -0.2) is 35.5 Å². The van der Waals surface area contributed by atoms with Gasteiger partial charge >= 0.3 is 11.9 Å². The van der Waals surface area contributed by atoms with Crippen LogP contribution in [0, 0.1) is 11.3 Å². The zero-order valence-electron chi connectivity index (χ0n) is 19.9. The van der Waals surface area contributed by atoms with Gasteiger partial charge in [-0.05, 0) is 61.6 Å². The molecule has 1 aliphatic rings. The Morgan fingerprint density at radius 1 is 1.24 bits per heavy atom. The molecule has 0 aliphatic heterocycles. The molecule has 1 amide bonds. The number of esters is 2. The highest BCUT2D eigenvalue weighted by Gasteiger charge is 2.35. The van der Waals surface area contributed by atoms with Crippen molar-refractivity contribution in [3.63, 3.8) is 0 Å². The second kappa shape index (κ2) is 10.5. The van der Waals surface area contributed by atoms with Gasteiger partial charge in [0.05, 0.1) is 17.7 Å². The number of amides is 1. The summed E-state index contributed by atoms with van der Waals surface area (Å²) in [5.41, 5.74) is 1.83. The van der Waals surface area contributed by atoms with E-state index in [2.05, 4.69) is 31.1 Å². The highest BCUT2D eigenvalue weighted by atomic mass is 32.1. The number of rotatable bonds is 7. The molecule has 2 aromatic rings. The molecule has 1 N–H and O–H groups in total. The lowest BCUT2D eigenvalue weighted by molar-refractivity contribution is -0.124. The van der Waals surface area contributed by atoms with Gasteiger partial charge in [0.25, 0.3) is 5.91 Å². The van der Waals surface area contributed by atoms with E-state index < -0.39 is 23.9 Å². The zero-order valence-corrected chi connectivity index (χ0v) is 20.7. The summed E-state index contributed by atoms with van der Waals surface area (Å²) < 4.78 is 10.7. The van der Waals surface area contributed by atoms with E-state index in [9.17, 15) is 14.4 Å². The average molecular weight is 473 g/mol. The van der Waals surface area contributed by atoms with E-state index in [1.807, 2.05) is 0 Å². The summed E-state index contributed by atoms with van der Waals surface area (Å²) in [5, 5.41) is 3.32. The Labute approximate surface area is 198 Å². The first kappa shape index (κ1) is 24.9. The fourth-order valence-corrected chi connectivity index (χ4v) is 5.35. The van der Waals surface area contributed by atoms with E-state index in [4.69, 9.17) is 9.47 Å². The normalized spacial score (nSPS) is 16.5. The van der Waals surface area contributed by atoms with E-state index in [-0.39, 0.29) is 17.6 Å². The molecular formula is C25H32N2O5S. The molecule has 2 atom stereocenters. The fourth-order valence-electron chi connectivity index (χ4n) is 4.03. The largest absolute Gasteiger partial charge is 0.462 e. The third-order valence-electron chi connectivity index (χ3n) is 6.02. The van der Waals surface area contributed by atoms with Crippen LogP contribution in [0.15, 0.2) is 24.5 Å². The highest BCUT2D eigenvalue weighted by molar-refractivity contribution is 7.17. The quantitative estimate of drug-likeness (QED) is 0.567. The molecule has 2 heterocycles. The van der Waals surface area contributed by atoms with Gasteiger partial charge in [-0.15, -0.1) is 11.3 Å². The van der Waals surface area contributed by atoms with E-state index >= 15 is 0 Å². The number of hydrogen-bond acceptors (Lipinski definition) is 7. The van der Waals surface area contributed by atoms with Gasteiger partial charge < -0.3 is 14.8 Å². The van der Waals surface area contributed by atoms with Crippen molar-refractivity contribution in [1.29, 1.82) is 0 Å². The van der Waals surface area contributed by atoms with Crippen LogP contribution in [0.3, 0.4) is 0 Å².